The summed E-state index contributed by atoms with van der Waals surface area (Å²) >= 11 is 1.72. The van der Waals surface area contributed by atoms with Crippen LogP contribution in [0.4, 0.5) is 0 Å². The molecule has 1 saturated heterocycles. The summed E-state index contributed by atoms with van der Waals surface area (Å²) in [6, 6.07) is 2.15. The van der Waals surface area contributed by atoms with Crippen LogP contribution in [-0.4, -0.2) is 30.4 Å². The van der Waals surface area contributed by atoms with Gasteiger partial charge in [-0.3, -0.25) is 4.79 Å². The van der Waals surface area contributed by atoms with Gasteiger partial charge in [-0.1, -0.05) is 0 Å². The van der Waals surface area contributed by atoms with Crippen LogP contribution in [0.15, 0.2) is 11.4 Å². The molecule has 0 unspecified atom stereocenters. The number of amides is 1. The fourth-order valence-corrected chi connectivity index (χ4v) is 2.98. The first kappa shape index (κ1) is 11.6. The molecule has 4 heteroatoms. The Morgan fingerprint density at radius 2 is 2.50 bits per heavy atom. The van der Waals surface area contributed by atoms with Crippen LogP contribution in [0.3, 0.4) is 0 Å². The van der Waals surface area contributed by atoms with Crippen molar-refractivity contribution in [2.75, 3.05) is 13.6 Å². The predicted octanol–water partition coefficient (Wildman–Crippen LogP) is 1.77. The second kappa shape index (κ2) is 4.97. The second-order valence-electron chi connectivity index (χ2n) is 4.37. The third-order valence-corrected chi connectivity index (χ3v) is 4.09. The summed E-state index contributed by atoms with van der Waals surface area (Å²) in [5.41, 5.74) is 1.28. The van der Waals surface area contributed by atoms with E-state index in [1.54, 1.807) is 11.3 Å². The molecule has 3 nitrogen and oxygen atoms in total. The van der Waals surface area contributed by atoms with Crippen molar-refractivity contribution in [2.24, 2.45) is 0 Å². The molecule has 0 saturated carbocycles. The summed E-state index contributed by atoms with van der Waals surface area (Å²) < 4.78 is 0. The van der Waals surface area contributed by atoms with Crippen molar-refractivity contribution in [3.05, 3.63) is 21.9 Å². The molecular weight excluding hydrogens is 220 g/mol. The first-order valence-corrected chi connectivity index (χ1v) is 6.58. The summed E-state index contributed by atoms with van der Waals surface area (Å²) in [5, 5.41) is 5.32. The fraction of sp³-hybridized carbons (Fsp3) is 0.583. The quantitative estimate of drug-likeness (QED) is 0.870. The molecule has 0 spiro atoms. The average Bonchev–Trinajstić information content (AvgIpc) is 2.89. The van der Waals surface area contributed by atoms with E-state index >= 15 is 0 Å². The maximum absolute atomic E-state index is 12.1. The summed E-state index contributed by atoms with van der Waals surface area (Å²) in [4.78, 5) is 15.2. The van der Waals surface area contributed by atoms with Crippen molar-refractivity contribution in [1.29, 1.82) is 0 Å². The SMILES string of the molecule is Cc1ccsc1CN(C)C(=O)[C@H]1CCCN1. The van der Waals surface area contributed by atoms with Crippen molar-refractivity contribution in [2.45, 2.75) is 32.4 Å². The Morgan fingerprint density at radius 3 is 3.06 bits per heavy atom. The van der Waals surface area contributed by atoms with Gasteiger partial charge in [-0.25, -0.2) is 0 Å². The average molecular weight is 238 g/mol. The minimum absolute atomic E-state index is 0.0465. The molecule has 1 amide bonds. The zero-order valence-corrected chi connectivity index (χ0v) is 10.6. The lowest BCUT2D eigenvalue weighted by molar-refractivity contribution is -0.132. The number of thiophene rings is 1. The standard InChI is InChI=1S/C12H18N2OS/c1-9-5-7-16-11(9)8-14(2)12(15)10-4-3-6-13-10/h5,7,10,13H,3-4,6,8H2,1-2H3/t10-/m1/s1. The van der Waals surface area contributed by atoms with E-state index in [1.165, 1.54) is 10.4 Å². The van der Waals surface area contributed by atoms with Gasteiger partial charge < -0.3 is 10.2 Å². The lowest BCUT2D eigenvalue weighted by Gasteiger charge is -2.20. The maximum Gasteiger partial charge on any atom is 0.239 e. The largest absolute Gasteiger partial charge is 0.339 e. The van der Waals surface area contributed by atoms with Crippen LogP contribution in [0.1, 0.15) is 23.3 Å². The van der Waals surface area contributed by atoms with E-state index in [-0.39, 0.29) is 11.9 Å². The Labute approximate surface area is 100 Å². The molecule has 1 aliphatic rings. The molecule has 2 heterocycles. The van der Waals surface area contributed by atoms with Crippen LogP contribution >= 0.6 is 11.3 Å². The number of hydrogen-bond acceptors (Lipinski definition) is 3. The highest BCUT2D eigenvalue weighted by Gasteiger charge is 2.25. The van der Waals surface area contributed by atoms with E-state index in [2.05, 4.69) is 23.7 Å². The maximum atomic E-state index is 12.1. The summed E-state index contributed by atoms with van der Waals surface area (Å²) in [5.74, 6) is 0.227. The van der Waals surface area contributed by atoms with Gasteiger partial charge in [0.05, 0.1) is 12.6 Å². The highest BCUT2D eigenvalue weighted by atomic mass is 32.1. The van der Waals surface area contributed by atoms with Gasteiger partial charge in [-0.05, 0) is 43.3 Å². The van der Waals surface area contributed by atoms with Crippen molar-refractivity contribution < 1.29 is 4.79 Å². The zero-order valence-electron chi connectivity index (χ0n) is 9.82. The van der Waals surface area contributed by atoms with E-state index in [0.717, 1.165) is 25.9 Å². The van der Waals surface area contributed by atoms with Crippen molar-refractivity contribution in [3.63, 3.8) is 0 Å². The van der Waals surface area contributed by atoms with E-state index in [0.29, 0.717) is 0 Å². The van der Waals surface area contributed by atoms with Crippen LogP contribution < -0.4 is 5.32 Å². The number of carbonyl (C=O) groups excluding carboxylic acids is 1. The van der Waals surface area contributed by atoms with Crippen LogP contribution in [0.5, 0.6) is 0 Å². The van der Waals surface area contributed by atoms with Gasteiger partial charge in [0.25, 0.3) is 0 Å². The number of aryl methyl sites for hydroxylation is 1. The molecule has 0 aliphatic carbocycles. The number of hydrogen-bond donors (Lipinski definition) is 1. The van der Waals surface area contributed by atoms with Gasteiger partial charge in [0.15, 0.2) is 0 Å². The monoisotopic (exact) mass is 238 g/mol. The minimum Gasteiger partial charge on any atom is -0.339 e. The smallest absolute Gasteiger partial charge is 0.239 e. The Bertz CT molecular complexity index is 369. The number of nitrogens with one attached hydrogen (secondary N) is 1. The predicted molar refractivity (Wildman–Crippen MR) is 66.6 cm³/mol. The number of rotatable bonds is 3. The molecular formula is C12H18N2OS. The van der Waals surface area contributed by atoms with Crippen LogP contribution in [0.2, 0.25) is 0 Å². The topological polar surface area (TPSA) is 32.3 Å². The molecule has 0 aromatic carbocycles. The molecule has 88 valence electrons. The molecule has 1 fully saturated rings. The molecule has 0 bridgehead atoms. The number of likely N-dealkylation sites (N-methyl/N-ethyl adjacent to an activating group) is 1. The molecule has 1 aromatic heterocycles. The lowest BCUT2D eigenvalue weighted by atomic mass is 10.2. The third-order valence-electron chi connectivity index (χ3n) is 3.08. The van der Waals surface area contributed by atoms with Gasteiger partial charge in [0.1, 0.15) is 0 Å². The highest BCUT2D eigenvalue weighted by molar-refractivity contribution is 7.10. The number of nitrogens with zero attached hydrogens (tertiary/aromatic N) is 1. The van der Waals surface area contributed by atoms with Gasteiger partial charge >= 0.3 is 0 Å². The first-order valence-electron chi connectivity index (χ1n) is 5.70. The lowest BCUT2D eigenvalue weighted by Crippen LogP contribution is -2.41. The Morgan fingerprint density at radius 1 is 1.69 bits per heavy atom. The molecule has 1 aromatic rings. The normalized spacial score (nSPS) is 20.0. The van der Waals surface area contributed by atoms with E-state index in [4.69, 9.17) is 0 Å². The van der Waals surface area contributed by atoms with Gasteiger partial charge in [-0.15, -0.1) is 11.3 Å². The summed E-state index contributed by atoms with van der Waals surface area (Å²) in [6.45, 7) is 3.81. The molecule has 1 N–H and O–H groups in total. The van der Waals surface area contributed by atoms with Crippen molar-refractivity contribution in [1.82, 2.24) is 10.2 Å². The Balaban J connectivity index is 1.94. The fourth-order valence-electron chi connectivity index (χ4n) is 2.02. The second-order valence-corrected chi connectivity index (χ2v) is 5.37. The molecule has 0 radical (unpaired) electrons. The molecule has 1 aliphatic heterocycles. The molecule has 1 atom stereocenters. The van der Waals surface area contributed by atoms with Gasteiger partial charge in [0.2, 0.25) is 5.91 Å². The number of carbonyl (C=O) groups is 1. The third kappa shape index (κ3) is 2.44. The van der Waals surface area contributed by atoms with Crippen molar-refractivity contribution in [3.8, 4) is 0 Å². The zero-order chi connectivity index (χ0) is 11.5. The first-order chi connectivity index (χ1) is 7.68. The van der Waals surface area contributed by atoms with E-state index in [9.17, 15) is 4.79 Å². The van der Waals surface area contributed by atoms with Crippen molar-refractivity contribution >= 4 is 17.2 Å². The Kier molecular flexibility index (Phi) is 3.61. The van der Waals surface area contributed by atoms with Crippen LogP contribution in [-0.2, 0) is 11.3 Å². The highest BCUT2D eigenvalue weighted by Crippen LogP contribution is 2.18. The minimum atomic E-state index is 0.0465. The summed E-state index contributed by atoms with van der Waals surface area (Å²) in [7, 11) is 1.89. The van der Waals surface area contributed by atoms with Gasteiger partial charge in [-0.2, -0.15) is 0 Å². The van der Waals surface area contributed by atoms with E-state index < -0.39 is 0 Å². The van der Waals surface area contributed by atoms with Crippen LogP contribution in [0.25, 0.3) is 0 Å². The van der Waals surface area contributed by atoms with E-state index in [1.807, 2.05) is 11.9 Å². The van der Waals surface area contributed by atoms with Gasteiger partial charge in [0, 0.05) is 11.9 Å². The Hall–Kier alpha value is -0.870. The molecule has 2 rings (SSSR count). The van der Waals surface area contributed by atoms with Crippen LogP contribution in [0, 0.1) is 6.92 Å². The summed E-state index contributed by atoms with van der Waals surface area (Å²) in [6.07, 6.45) is 2.09. The molecule has 16 heavy (non-hydrogen) atoms.